The Labute approximate surface area is 89.5 Å². The van der Waals surface area contributed by atoms with Crippen LogP contribution in [0.1, 0.15) is 0 Å². The van der Waals surface area contributed by atoms with Crippen LogP contribution in [0.25, 0.3) is 0 Å². The molecule has 1 aliphatic heterocycles. The van der Waals surface area contributed by atoms with Crippen molar-refractivity contribution in [2.45, 2.75) is 0 Å². The van der Waals surface area contributed by atoms with E-state index in [0.29, 0.717) is 4.47 Å². The molecule has 0 radical (unpaired) electrons. The maximum absolute atomic E-state index is 12.9. The first kappa shape index (κ1) is 9.45. The highest BCUT2D eigenvalue weighted by atomic mass is 79.9. The lowest BCUT2D eigenvalue weighted by Crippen LogP contribution is -2.26. The standard InChI is InChI=1S/C9H9BrFN3/c10-7-5-6(1-2-8(7)11)14-9-12-3-4-13-9/h1-2,5H,3-4H2,(H2,12,13,14). The van der Waals surface area contributed by atoms with Crippen LogP contribution in [0, 0.1) is 5.82 Å². The van der Waals surface area contributed by atoms with E-state index in [0.717, 1.165) is 24.7 Å². The van der Waals surface area contributed by atoms with E-state index in [4.69, 9.17) is 0 Å². The molecule has 0 bridgehead atoms. The van der Waals surface area contributed by atoms with Crippen LogP contribution in [0.5, 0.6) is 0 Å². The molecular formula is C9H9BrFN3. The third-order valence-corrected chi connectivity index (χ3v) is 2.46. The second-order valence-electron chi connectivity index (χ2n) is 2.91. The SMILES string of the molecule is Fc1ccc(NC2=NCCN2)cc1Br. The number of guanidine groups is 1. The third-order valence-electron chi connectivity index (χ3n) is 1.86. The maximum atomic E-state index is 12.9. The van der Waals surface area contributed by atoms with Crippen LogP contribution < -0.4 is 10.6 Å². The van der Waals surface area contributed by atoms with Crippen LogP contribution in [0.4, 0.5) is 10.1 Å². The number of benzene rings is 1. The molecule has 1 heterocycles. The highest BCUT2D eigenvalue weighted by Gasteiger charge is 2.06. The van der Waals surface area contributed by atoms with Gasteiger partial charge in [-0.15, -0.1) is 0 Å². The van der Waals surface area contributed by atoms with E-state index in [1.165, 1.54) is 6.07 Å². The summed E-state index contributed by atoms with van der Waals surface area (Å²) in [5, 5.41) is 6.12. The fourth-order valence-corrected chi connectivity index (χ4v) is 1.57. The van der Waals surface area contributed by atoms with E-state index < -0.39 is 0 Å². The molecule has 0 atom stereocenters. The minimum atomic E-state index is -0.267. The summed E-state index contributed by atoms with van der Waals surface area (Å²) < 4.78 is 13.3. The zero-order valence-electron chi connectivity index (χ0n) is 7.35. The summed E-state index contributed by atoms with van der Waals surface area (Å²) in [5.74, 6) is 0.473. The normalized spacial score (nSPS) is 14.9. The molecule has 2 rings (SSSR count). The van der Waals surface area contributed by atoms with Gasteiger partial charge in [-0.2, -0.15) is 0 Å². The van der Waals surface area contributed by atoms with E-state index in [1.807, 2.05) is 0 Å². The van der Waals surface area contributed by atoms with Gasteiger partial charge < -0.3 is 10.6 Å². The molecule has 0 saturated heterocycles. The second-order valence-corrected chi connectivity index (χ2v) is 3.77. The van der Waals surface area contributed by atoms with Crippen molar-refractivity contribution in [3.05, 3.63) is 28.5 Å². The fourth-order valence-electron chi connectivity index (χ4n) is 1.19. The number of hydrogen-bond acceptors (Lipinski definition) is 3. The van der Waals surface area contributed by atoms with Gasteiger partial charge in [0.15, 0.2) is 5.96 Å². The second kappa shape index (κ2) is 3.96. The number of hydrogen-bond donors (Lipinski definition) is 2. The van der Waals surface area contributed by atoms with Gasteiger partial charge in [0.25, 0.3) is 0 Å². The Morgan fingerprint density at radius 1 is 1.50 bits per heavy atom. The van der Waals surface area contributed by atoms with Crippen molar-refractivity contribution >= 4 is 27.6 Å². The Morgan fingerprint density at radius 2 is 2.36 bits per heavy atom. The molecule has 0 unspecified atom stereocenters. The Hall–Kier alpha value is -1.10. The van der Waals surface area contributed by atoms with Crippen LogP contribution in [0.3, 0.4) is 0 Å². The highest BCUT2D eigenvalue weighted by Crippen LogP contribution is 2.19. The predicted molar refractivity (Wildman–Crippen MR) is 58.0 cm³/mol. The summed E-state index contributed by atoms with van der Waals surface area (Å²) in [4.78, 5) is 4.17. The molecule has 0 fully saturated rings. The van der Waals surface area contributed by atoms with Crippen LogP contribution in [0.15, 0.2) is 27.7 Å². The Bertz CT molecular complexity index is 378. The lowest BCUT2D eigenvalue weighted by molar-refractivity contribution is 0.621. The summed E-state index contributed by atoms with van der Waals surface area (Å²) in [6, 6.07) is 4.75. The van der Waals surface area contributed by atoms with Crippen LogP contribution >= 0.6 is 15.9 Å². The minimum Gasteiger partial charge on any atom is -0.354 e. The van der Waals surface area contributed by atoms with Gasteiger partial charge >= 0.3 is 0 Å². The molecule has 1 aromatic carbocycles. The van der Waals surface area contributed by atoms with E-state index in [-0.39, 0.29) is 5.82 Å². The average molecular weight is 258 g/mol. The summed E-state index contributed by atoms with van der Waals surface area (Å²) in [6.07, 6.45) is 0. The first-order valence-corrected chi connectivity index (χ1v) is 5.05. The summed E-state index contributed by atoms with van der Waals surface area (Å²) in [5.41, 5.74) is 0.812. The Balaban J connectivity index is 2.13. The zero-order chi connectivity index (χ0) is 9.97. The number of aliphatic imine (C=N–C) groups is 1. The zero-order valence-corrected chi connectivity index (χ0v) is 8.94. The van der Waals surface area contributed by atoms with Crippen molar-refractivity contribution in [1.29, 1.82) is 0 Å². The van der Waals surface area contributed by atoms with Gasteiger partial charge in [-0.1, -0.05) is 0 Å². The molecule has 1 aliphatic rings. The van der Waals surface area contributed by atoms with Crippen molar-refractivity contribution in [2.75, 3.05) is 18.4 Å². The van der Waals surface area contributed by atoms with E-state index in [9.17, 15) is 4.39 Å². The number of rotatable bonds is 1. The monoisotopic (exact) mass is 257 g/mol. The molecule has 0 spiro atoms. The number of anilines is 1. The molecule has 74 valence electrons. The van der Waals surface area contributed by atoms with Crippen molar-refractivity contribution in [2.24, 2.45) is 4.99 Å². The molecule has 0 aliphatic carbocycles. The lowest BCUT2D eigenvalue weighted by Gasteiger charge is -2.06. The average Bonchev–Trinajstić information content (AvgIpc) is 2.64. The van der Waals surface area contributed by atoms with Gasteiger partial charge in [-0.05, 0) is 34.1 Å². The summed E-state index contributed by atoms with van der Waals surface area (Å²) in [7, 11) is 0. The van der Waals surface area contributed by atoms with E-state index >= 15 is 0 Å². The van der Waals surface area contributed by atoms with Gasteiger partial charge in [0.2, 0.25) is 0 Å². The molecule has 0 aromatic heterocycles. The Morgan fingerprint density at radius 3 is 3.00 bits per heavy atom. The molecule has 0 saturated carbocycles. The maximum Gasteiger partial charge on any atom is 0.195 e. The lowest BCUT2D eigenvalue weighted by atomic mass is 10.3. The number of nitrogens with one attached hydrogen (secondary N) is 2. The number of halogens is 2. The van der Waals surface area contributed by atoms with Gasteiger partial charge in [0.1, 0.15) is 5.82 Å². The van der Waals surface area contributed by atoms with Crippen molar-refractivity contribution in [1.82, 2.24) is 5.32 Å². The van der Waals surface area contributed by atoms with E-state index in [1.54, 1.807) is 12.1 Å². The van der Waals surface area contributed by atoms with Gasteiger partial charge in [0, 0.05) is 12.2 Å². The van der Waals surface area contributed by atoms with Gasteiger partial charge in [-0.3, -0.25) is 4.99 Å². The molecule has 14 heavy (non-hydrogen) atoms. The van der Waals surface area contributed by atoms with E-state index in [2.05, 4.69) is 31.6 Å². The first-order valence-electron chi connectivity index (χ1n) is 4.26. The summed E-state index contributed by atoms with van der Waals surface area (Å²) >= 11 is 3.12. The third kappa shape index (κ3) is 2.04. The smallest absolute Gasteiger partial charge is 0.195 e. The highest BCUT2D eigenvalue weighted by molar-refractivity contribution is 9.10. The summed E-state index contributed by atoms with van der Waals surface area (Å²) in [6.45, 7) is 1.63. The minimum absolute atomic E-state index is 0.267. The molecule has 1 aromatic rings. The predicted octanol–water partition coefficient (Wildman–Crippen LogP) is 1.96. The Kier molecular flexibility index (Phi) is 2.67. The molecule has 5 heteroatoms. The van der Waals surface area contributed by atoms with Crippen molar-refractivity contribution in [3.63, 3.8) is 0 Å². The molecule has 0 amide bonds. The molecular weight excluding hydrogens is 249 g/mol. The number of nitrogens with zero attached hydrogens (tertiary/aromatic N) is 1. The van der Waals surface area contributed by atoms with Crippen LogP contribution in [0.2, 0.25) is 0 Å². The van der Waals surface area contributed by atoms with Crippen LogP contribution in [-0.2, 0) is 0 Å². The van der Waals surface area contributed by atoms with Crippen molar-refractivity contribution < 1.29 is 4.39 Å². The van der Waals surface area contributed by atoms with Gasteiger partial charge in [0.05, 0.1) is 11.0 Å². The molecule has 3 nitrogen and oxygen atoms in total. The first-order chi connectivity index (χ1) is 6.75. The van der Waals surface area contributed by atoms with Crippen molar-refractivity contribution in [3.8, 4) is 0 Å². The largest absolute Gasteiger partial charge is 0.354 e. The van der Waals surface area contributed by atoms with Crippen LogP contribution in [-0.4, -0.2) is 19.0 Å². The molecule has 2 N–H and O–H groups in total. The van der Waals surface area contributed by atoms with Gasteiger partial charge in [-0.25, -0.2) is 4.39 Å². The quantitative estimate of drug-likeness (QED) is 0.807. The topological polar surface area (TPSA) is 36.4 Å². The fraction of sp³-hybridized carbons (Fsp3) is 0.222.